The Bertz CT molecular complexity index is 328. The van der Waals surface area contributed by atoms with Gasteiger partial charge >= 0.3 is 0 Å². The Morgan fingerprint density at radius 3 is 1.78 bits per heavy atom. The third-order valence-corrected chi connectivity index (χ3v) is 4.97. The highest BCUT2D eigenvalue weighted by molar-refractivity contribution is 5.75. The highest BCUT2D eigenvalue weighted by Gasteiger charge is 1.98. The van der Waals surface area contributed by atoms with Crippen LogP contribution in [0.25, 0.3) is 0 Å². The summed E-state index contributed by atoms with van der Waals surface area (Å²) in [5.74, 6) is 0.172. The summed E-state index contributed by atoms with van der Waals surface area (Å²) in [6.07, 6.45) is 25.3. The predicted molar refractivity (Wildman–Crippen MR) is 120 cm³/mol. The minimum absolute atomic E-state index is 0.172. The van der Waals surface area contributed by atoms with Crippen molar-refractivity contribution in [3.63, 3.8) is 0 Å². The highest BCUT2D eigenvalue weighted by Crippen LogP contribution is 2.09. The van der Waals surface area contributed by atoms with Gasteiger partial charge in [-0.3, -0.25) is 4.79 Å². The van der Waals surface area contributed by atoms with Crippen molar-refractivity contribution in [1.29, 1.82) is 0 Å². The maximum Gasteiger partial charge on any atom is 0.221 e. The summed E-state index contributed by atoms with van der Waals surface area (Å²) < 4.78 is 0. The summed E-state index contributed by atoms with van der Waals surface area (Å²) in [7, 11) is 0. The Hall–Kier alpha value is -0.830. The van der Waals surface area contributed by atoms with E-state index in [1.807, 2.05) is 0 Å². The molecule has 0 atom stereocenters. The number of unbranched alkanes of at least 4 members (excludes halogenated alkanes) is 12. The molecule has 160 valence electrons. The fourth-order valence-corrected chi connectivity index (χ4v) is 3.18. The van der Waals surface area contributed by atoms with Gasteiger partial charge in [0.1, 0.15) is 0 Å². The molecule has 0 heterocycles. The first-order valence-corrected chi connectivity index (χ1v) is 11.9. The van der Waals surface area contributed by atoms with Crippen molar-refractivity contribution < 1.29 is 4.79 Å². The van der Waals surface area contributed by atoms with Crippen LogP contribution in [0.3, 0.4) is 0 Å². The number of hydrogen-bond acceptors (Lipinski definition) is 2. The van der Waals surface area contributed by atoms with Gasteiger partial charge in [-0.15, -0.1) is 0 Å². The fraction of sp³-hybridized carbons (Fsp3) is 0.875. The third-order valence-electron chi connectivity index (χ3n) is 4.97. The van der Waals surface area contributed by atoms with Crippen molar-refractivity contribution in [3.05, 3.63) is 12.2 Å². The van der Waals surface area contributed by atoms with Gasteiger partial charge in [0, 0.05) is 19.5 Å². The Kier molecular flexibility index (Phi) is 22.5. The van der Waals surface area contributed by atoms with E-state index in [0.29, 0.717) is 6.42 Å². The fourth-order valence-electron chi connectivity index (χ4n) is 3.18. The zero-order chi connectivity index (χ0) is 19.8. The number of carbonyl (C=O) groups excluding carboxylic acids is 1. The van der Waals surface area contributed by atoms with Crippen molar-refractivity contribution in [3.8, 4) is 0 Å². The molecule has 0 unspecified atom stereocenters. The third kappa shape index (κ3) is 23.1. The van der Waals surface area contributed by atoms with Crippen LogP contribution in [-0.2, 0) is 4.79 Å². The van der Waals surface area contributed by atoms with Crippen LogP contribution in [0, 0.1) is 0 Å². The maximum atomic E-state index is 11.4. The number of nitrogens with one attached hydrogen (secondary N) is 2. The monoisotopic (exact) mass is 380 g/mol. The van der Waals surface area contributed by atoms with E-state index < -0.39 is 0 Å². The molecule has 27 heavy (non-hydrogen) atoms. The van der Waals surface area contributed by atoms with Crippen LogP contribution in [0.15, 0.2) is 12.2 Å². The minimum Gasteiger partial charge on any atom is -0.356 e. The largest absolute Gasteiger partial charge is 0.356 e. The van der Waals surface area contributed by atoms with Crippen LogP contribution in [0.5, 0.6) is 0 Å². The topological polar surface area (TPSA) is 41.1 Å². The maximum absolute atomic E-state index is 11.4. The molecule has 0 saturated heterocycles. The summed E-state index contributed by atoms with van der Waals surface area (Å²) in [6.45, 7) is 7.00. The molecular formula is C24H48N2O. The molecule has 0 aliphatic rings. The van der Waals surface area contributed by atoms with E-state index >= 15 is 0 Å². The van der Waals surface area contributed by atoms with Gasteiger partial charge in [-0.2, -0.15) is 0 Å². The van der Waals surface area contributed by atoms with Gasteiger partial charge in [0.15, 0.2) is 0 Å². The quantitative estimate of drug-likeness (QED) is 0.175. The minimum atomic E-state index is 0.172. The second-order valence-electron chi connectivity index (χ2n) is 7.79. The summed E-state index contributed by atoms with van der Waals surface area (Å²) in [6, 6.07) is 0. The van der Waals surface area contributed by atoms with E-state index in [1.54, 1.807) is 0 Å². The molecule has 1 amide bonds. The van der Waals surface area contributed by atoms with Crippen LogP contribution < -0.4 is 10.6 Å². The highest BCUT2D eigenvalue weighted by atomic mass is 16.1. The van der Waals surface area contributed by atoms with Gasteiger partial charge in [-0.1, -0.05) is 83.8 Å². The smallest absolute Gasteiger partial charge is 0.221 e. The molecule has 3 heteroatoms. The zero-order valence-electron chi connectivity index (χ0n) is 18.5. The van der Waals surface area contributed by atoms with E-state index in [1.165, 1.54) is 89.9 Å². The van der Waals surface area contributed by atoms with Gasteiger partial charge in [0.2, 0.25) is 5.91 Å². The molecule has 0 aliphatic heterocycles. The summed E-state index contributed by atoms with van der Waals surface area (Å²) >= 11 is 0. The van der Waals surface area contributed by atoms with E-state index in [-0.39, 0.29) is 5.91 Å². The van der Waals surface area contributed by atoms with Crippen LogP contribution in [0.1, 0.15) is 117 Å². The molecule has 2 N–H and O–H groups in total. The summed E-state index contributed by atoms with van der Waals surface area (Å²) in [4.78, 5) is 11.4. The number of rotatable bonds is 21. The average Bonchev–Trinajstić information content (AvgIpc) is 2.68. The van der Waals surface area contributed by atoms with Gasteiger partial charge in [0.25, 0.3) is 0 Å². The molecule has 0 aromatic carbocycles. The number of carbonyl (C=O) groups is 1. The van der Waals surface area contributed by atoms with E-state index in [4.69, 9.17) is 0 Å². The Morgan fingerprint density at radius 1 is 0.630 bits per heavy atom. The van der Waals surface area contributed by atoms with E-state index in [0.717, 1.165) is 26.1 Å². The molecule has 0 rings (SSSR count). The lowest BCUT2D eigenvalue weighted by atomic mass is 10.1. The molecule has 0 aliphatic carbocycles. The first-order valence-electron chi connectivity index (χ1n) is 11.9. The van der Waals surface area contributed by atoms with Crippen LogP contribution >= 0.6 is 0 Å². The number of hydrogen-bond donors (Lipinski definition) is 2. The molecule has 0 fully saturated rings. The Labute approximate surface area is 170 Å². The molecule has 3 nitrogen and oxygen atoms in total. The molecule has 0 bridgehead atoms. The number of allylic oxidation sites excluding steroid dienone is 2. The standard InChI is InChI=1S/C24H48N2O/c1-3-5-6-7-8-9-10-11-12-13-14-15-16-17-18-19-22-25-23-20-24(27)26-21-4-2/h11-12,25H,3-10,13-23H2,1-2H3,(H,26,27)/b12-11-. The Morgan fingerprint density at radius 2 is 1.19 bits per heavy atom. The first kappa shape index (κ1) is 26.2. The lowest BCUT2D eigenvalue weighted by Gasteiger charge is -2.05. The first-order chi connectivity index (χ1) is 13.3. The van der Waals surface area contributed by atoms with Crippen LogP contribution in [0.2, 0.25) is 0 Å². The van der Waals surface area contributed by atoms with Crippen molar-refractivity contribution in [1.82, 2.24) is 10.6 Å². The SMILES string of the molecule is CCCCCCCC/C=C\CCCCCCCCNCCC(=O)NCCC. The molecule has 0 radical (unpaired) electrons. The van der Waals surface area contributed by atoms with Crippen molar-refractivity contribution in [2.24, 2.45) is 0 Å². The van der Waals surface area contributed by atoms with Crippen LogP contribution in [-0.4, -0.2) is 25.5 Å². The molecule has 0 aromatic rings. The molecule has 0 aromatic heterocycles. The lowest BCUT2D eigenvalue weighted by Crippen LogP contribution is -2.28. The Balaban J connectivity index is 3.12. The normalized spacial score (nSPS) is 11.3. The number of amides is 1. The molecule has 0 spiro atoms. The van der Waals surface area contributed by atoms with E-state index in [9.17, 15) is 4.79 Å². The van der Waals surface area contributed by atoms with Crippen LogP contribution in [0.4, 0.5) is 0 Å². The molecular weight excluding hydrogens is 332 g/mol. The summed E-state index contributed by atoms with van der Waals surface area (Å²) in [5, 5.41) is 6.28. The van der Waals surface area contributed by atoms with Crippen molar-refractivity contribution >= 4 is 5.91 Å². The van der Waals surface area contributed by atoms with E-state index in [2.05, 4.69) is 36.6 Å². The predicted octanol–water partition coefficient (Wildman–Crippen LogP) is 6.53. The van der Waals surface area contributed by atoms with Crippen molar-refractivity contribution in [2.75, 3.05) is 19.6 Å². The zero-order valence-corrected chi connectivity index (χ0v) is 18.5. The molecule has 0 saturated carbocycles. The van der Waals surface area contributed by atoms with Gasteiger partial charge < -0.3 is 10.6 Å². The van der Waals surface area contributed by atoms with Gasteiger partial charge in [0.05, 0.1) is 0 Å². The summed E-state index contributed by atoms with van der Waals surface area (Å²) in [5.41, 5.74) is 0. The average molecular weight is 381 g/mol. The second kappa shape index (κ2) is 23.2. The van der Waals surface area contributed by atoms with Gasteiger partial charge in [-0.25, -0.2) is 0 Å². The van der Waals surface area contributed by atoms with Gasteiger partial charge in [-0.05, 0) is 45.1 Å². The van der Waals surface area contributed by atoms with Crippen molar-refractivity contribution in [2.45, 2.75) is 117 Å². The second-order valence-corrected chi connectivity index (χ2v) is 7.79. The lowest BCUT2D eigenvalue weighted by molar-refractivity contribution is -0.120.